The third-order valence-electron chi connectivity index (χ3n) is 3.76. The van der Waals surface area contributed by atoms with E-state index in [4.69, 9.17) is 9.47 Å². The molecule has 0 unspecified atom stereocenters. The molecule has 3 rings (SSSR count). The van der Waals surface area contributed by atoms with E-state index in [1.807, 2.05) is 0 Å². The maximum atomic E-state index is 12.9. The van der Waals surface area contributed by atoms with E-state index in [-0.39, 0.29) is 19.0 Å². The van der Waals surface area contributed by atoms with Gasteiger partial charge in [0, 0.05) is 38.2 Å². The van der Waals surface area contributed by atoms with Gasteiger partial charge < -0.3 is 14.6 Å². The first-order valence-electron chi connectivity index (χ1n) is 7.79. The Morgan fingerprint density at radius 3 is 2.88 bits per heavy atom. The standard InChI is InChI=1S/C17H20FN3O3/c18-14-1-3-16(4-2-14)24-13-17(22)11-21(7-8-23-12-17)10-15-9-19-5-6-20-15/h1-6,9,22H,7-8,10-13H2/t17-/m1/s1. The van der Waals surface area contributed by atoms with Crippen molar-refractivity contribution in [2.45, 2.75) is 12.1 Å². The van der Waals surface area contributed by atoms with Crippen molar-refractivity contribution in [3.8, 4) is 5.75 Å². The molecule has 0 amide bonds. The first kappa shape index (κ1) is 16.8. The molecular formula is C17H20FN3O3. The van der Waals surface area contributed by atoms with E-state index in [1.54, 1.807) is 18.6 Å². The Labute approximate surface area is 139 Å². The molecule has 2 aromatic rings. The highest BCUT2D eigenvalue weighted by molar-refractivity contribution is 5.22. The fraction of sp³-hybridized carbons (Fsp3) is 0.412. The van der Waals surface area contributed by atoms with Crippen molar-refractivity contribution in [1.29, 1.82) is 0 Å². The van der Waals surface area contributed by atoms with Crippen molar-refractivity contribution in [2.24, 2.45) is 0 Å². The Morgan fingerprint density at radius 2 is 2.12 bits per heavy atom. The van der Waals surface area contributed by atoms with E-state index in [0.717, 1.165) is 5.69 Å². The Bertz CT molecular complexity index is 641. The van der Waals surface area contributed by atoms with Gasteiger partial charge >= 0.3 is 0 Å². The maximum Gasteiger partial charge on any atom is 0.134 e. The fourth-order valence-electron chi connectivity index (χ4n) is 2.61. The van der Waals surface area contributed by atoms with E-state index in [1.165, 1.54) is 24.3 Å². The highest BCUT2D eigenvalue weighted by Crippen LogP contribution is 2.18. The molecule has 0 saturated carbocycles. The Morgan fingerprint density at radius 1 is 1.29 bits per heavy atom. The molecule has 0 aliphatic carbocycles. The van der Waals surface area contributed by atoms with Gasteiger partial charge in [-0.15, -0.1) is 0 Å². The molecule has 1 N–H and O–H groups in total. The van der Waals surface area contributed by atoms with Crippen LogP contribution in [0.4, 0.5) is 4.39 Å². The molecule has 0 radical (unpaired) electrons. The number of halogens is 1. The Hall–Kier alpha value is -2.09. The molecule has 1 aromatic heterocycles. The minimum Gasteiger partial charge on any atom is -0.490 e. The molecule has 1 aliphatic heterocycles. The number of rotatable bonds is 5. The third kappa shape index (κ3) is 4.70. The largest absolute Gasteiger partial charge is 0.490 e. The summed E-state index contributed by atoms with van der Waals surface area (Å²) in [5.74, 6) is 0.184. The second kappa shape index (κ2) is 7.65. The van der Waals surface area contributed by atoms with Gasteiger partial charge in [0.25, 0.3) is 0 Å². The van der Waals surface area contributed by atoms with Crippen LogP contribution in [0, 0.1) is 5.82 Å². The van der Waals surface area contributed by atoms with Gasteiger partial charge in [-0.25, -0.2) is 4.39 Å². The van der Waals surface area contributed by atoms with Crippen LogP contribution in [0.15, 0.2) is 42.9 Å². The number of aliphatic hydroxyl groups is 1. The summed E-state index contributed by atoms with van der Waals surface area (Å²) < 4.78 is 24.1. The van der Waals surface area contributed by atoms with Crippen LogP contribution in [0.5, 0.6) is 5.75 Å². The maximum absolute atomic E-state index is 12.9. The zero-order chi connectivity index (χ0) is 16.8. The topological polar surface area (TPSA) is 67.7 Å². The molecule has 24 heavy (non-hydrogen) atoms. The first-order chi connectivity index (χ1) is 11.6. The second-order valence-electron chi connectivity index (χ2n) is 5.93. The van der Waals surface area contributed by atoms with E-state index in [9.17, 15) is 9.50 Å². The first-order valence-corrected chi connectivity index (χ1v) is 7.79. The highest BCUT2D eigenvalue weighted by atomic mass is 19.1. The molecular weight excluding hydrogens is 313 g/mol. The SMILES string of the molecule is O[C@@]1(COc2ccc(F)cc2)COCCN(Cc2cnccn2)C1. The smallest absolute Gasteiger partial charge is 0.134 e. The zero-order valence-electron chi connectivity index (χ0n) is 13.3. The number of benzene rings is 1. The molecule has 1 atom stereocenters. The van der Waals surface area contributed by atoms with E-state index in [0.29, 0.717) is 32.0 Å². The summed E-state index contributed by atoms with van der Waals surface area (Å²) in [6, 6.07) is 5.72. The van der Waals surface area contributed by atoms with Crippen LogP contribution in [0.3, 0.4) is 0 Å². The Balaban J connectivity index is 1.61. The summed E-state index contributed by atoms with van der Waals surface area (Å²) in [5, 5.41) is 10.8. The summed E-state index contributed by atoms with van der Waals surface area (Å²) >= 11 is 0. The van der Waals surface area contributed by atoms with Gasteiger partial charge in [-0.05, 0) is 24.3 Å². The van der Waals surface area contributed by atoms with Crippen LogP contribution in [0.2, 0.25) is 0 Å². The summed E-state index contributed by atoms with van der Waals surface area (Å²) in [6.07, 6.45) is 4.98. The summed E-state index contributed by atoms with van der Waals surface area (Å²) in [5.41, 5.74) is -0.311. The van der Waals surface area contributed by atoms with Crippen molar-refractivity contribution in [3.05, 3.63) is 54.4 Å². The summed E-state index contributed by atoms with van der Waals surface area (Å²) in [7, 11) is 0. The van der Waals surface area contributed by atoms with Gasteiger partial charge in [0.05, 0.1) is 18.9 Å². The normalized spacial score (nSPS) is 22.1. The lowest BCUT2D eigenvalue weighted by molar-refractivity contribution is -0.0647. The van der Waals surface area contributed by atoms with Crippen molar-refractivity contribution in [2.75, 3.05) is 32.9 Å². The van der Waals surface area contributed by atoms with Crippen molar-refractivity contribution >= 4 is 0 Å². The molecule has 0 spiro atoms. The number of ether oxygens (including phenoxy) is 2. The lowest BCUT2D eigenvalue weighted by atomic mass is 10.1. The van der Waals surface area contributed by atoms with E-state index >= 15 is 0 Å². The van der Waals surface area contributed by atoms with Gasteiger partial charge in [-0.3, -0.25) is 14.9 Å². The van der Waals surface area contributed by atoms with Crippen LogP contribution in [-0.2, 0) is 11.3 Å². The van der Waals surface area contributed by atoms with Crippen LogP contribution < -0.4 is 4.74 Å². The molecule has 128 valence electrons. The average Bonchev–Trinajstić information content (AvgIpc) is 2.77. The van der Waals surface area contributed by atoms with Crippen molar-refractivity contribution in [1.82, 2.24) is 14.9 Å². The summed E-state index contributed by atoms with van der Waals surface area (Å²) in [6.45, 7) is 2.44. The number of hydrogen-bond acceptors (Lipinski definition) is 6. The van der Waals surface area contributed by atoms with Gasteiger partial charge in [0.1, 0.15) is 23.8 Å². The van der Waals surface area contributed by atoms with Crippen molar-refractivity contribution < 1.29 is 19.0 Å². The number of β-amino-alcohol motifs (C(OH)–C–C–N with tert-alkyl or cyclic N) is 1. The highest BCUT2D eigenvalue weighted by Gasteiger charge is 2.33. The molecule has 1 saturated heterocycles. The molecule has 7 heteroatoms. The molecule has 1 aliphatic rings. The van der Waals surface area contributed by atoms with Gasteiger partial charge in [0.15, 0.2) is 0 Å². The predicted molar refractivity (Wildman–Crippen MR) is 85.0 cm³/mol. The second-order valence-corrected chi connectivity index (χ2v) is 5.93. The number of aromatic nitrogens is 2. The van der Waals surface area contributed by atoms with E-state index < -0.39 is 5.60 Å². The number of nitrogens with zero attached hydrogens (tertiary/aromatic N) is 3. The quantitative estimate of drug-likeness (QED) is 0.888. The molecule has 6 nitrogen and oxygen atoms in total. The van der Waals surface area contributed by atoms with E-state index in [2.05, 4.69) is 14.9 Å². The molecule has 1 fully saturated rings. The molecule has 1 aromatic carbocycles. The third-order valence-corrected chi connectivity index (χ3v) is 3.76. The molecule has 2 heterocycles. The zero-order valence-corrected chi connectivity index (χ0v) is 13.3. The summed E-state index contributed by atoms with van der Waals surface area (Å²) in [4.78, 5) is 10.4. The van der Waals surface area contributed by atoms with Gasteiger partial charge in [-0.1, -0.05) is 0 Å². The minimum atomic E-state index is -1.15. The lowest BCUT2D eigenvalue weighted by Gasteiger charge is -2.30. The minimum absolute atomic E-state index is 0.0651. The molecule has 0 bridgehead atoms. The number of hydrogen-bond donors (Lipinski definition) is 1. The Kier molecular flexibility index (Phi) is 5.34. The fourth-order valence-corrected chi connectivity index (χ4v) is 2.61. The van der Waals surface area contributed by atoms with Crippen molar-refractivity contribution in [3.63, 3.8) is 0 Å². The van der Waals surface area contributed by atoms with Crippen LogP contribution in [0.1, 0.15) is 5.69 Å². The van der Waals surface area contributed by atoms with Crippen LogP contribution in [-0.4, -0.2) is 58.5 Å². The van der Waals surface area contributed by atoms with Crippen LogP contribution in [0.25, 0.3) is 0 Å². The monoisotopic (exact) mass is 333 g/mol. The predicted octanol–water partition coefficient (Wildman–Crippen LogP) is 1.26. The van der Waals surface area contributed by atoms with Gasteiger partial charge in [0.2, 0.25) is 0 Å². The van der Waals surface area contributed by atoms with Crippen LogP contribution >= 0.6 is 0 Å². The lowest BCUT2D eigenvalue weighted by Crippen LogP contribution is -2.48. The van der Waals surface area contributed by atoms with Gasteiger partial charge in [-0.2, -0.15) is 0 Å². The average molecular weight is 333 g/mol.